The third kappa shape index (κ3) is 2.48. The van der Waals surface area contributed by atoms with Gasteiger partial charge in [-0.3, -0.25) is 9.69 Å². The molecule has 0 radical (unpaired) electrons. The monoisotopic (exact) mass is 223 g/mol. The molecular weight excluding hydrogens is 198 g/mol. The molecule has 0 aromatic rings. The van der Waals surface area contributed by atoms with Crippen molar-refractivity contribution in [2.45, 2.75) is 52.5 Å². The molecule has 92 valence electrons. The Hall–Kier alpha value is -0.370. The Balaban J connectivity index is 1.88. The first-order valence-electron chi connectivity index (χ1n) is 6.84. The van der Waals surface area contributed by atoms with E-state index in [9.17, 15) is 4.79 Å². The van der Waals surface area contributed by atoms with Crippen molar-refractivity contribution in [3.63, 3.8) is 0 Å². The number of carbonyl (C=O) groups excluding carboxylic acids is 1. The number of hydrogen-bond acceptors (Lipinski definition) is 2. The lowest BCUT2D eigenvalue weighted by Gasteiger charge is -2.38. The van der Waals surface area contributed by atoms with Crippen LogP contribution in [0.3, 0.4) is 0 Å². The van der Waals surface area contributed by atoms with E-state index < -0.39 is 0 Å². The lowest BCUT2D eigenvalue weighted by molar-refractivity contribution is -0.128. The Bertz CT molecular complexity index is 263. The Morgan fingerprint density at radius 3 is 2.62 bits per heavy atom. The van der Waals surface area contributed by atoms with Gasteiger partial charge in [0.15, 0.2) is 0 Å². The van der Waals surface area contributed by atoms with E-state index in [-0.39, 0.29) is 5.92 Å². The number of piperidine rings is 1. The summed E-state index contributed by atoms with van der Waals surface area (Å²) >= 11 is 0. The smallest absolute Gasteiger partial charge is 0.138 e. The van der Waals surface area contributed by atoms with Crippen molar-refractivity contribution in [2.24, 2.45) is 17.8 Å². The predicted octanol–water partition coefficient (Wildman–Crippen LogP) is 2.72. The van der Waals surface area contributed by atoms with Crippen LogP contribution >= 0.6 is 0 Å². The maximum Gasteiger partial charge on any atom is 0.138 e. The van der Waals surface area contributed by atoms with E-state index in [0.717, 1.165) is 24.8 Å². The second-order valence-electron chi connectivity index (χ2n) is 6.02. The molecule has 0 aromatic heterocycles. The molecule has 2 rings (SSSR count). The average Bonchev–Trinajstić information content (AvgIpc) is 2.65. The second kappa shape index (κ2) is 4.87. The average molecular weight is 223 g/mol. The number of hydrogen-bond donors (Lipinski definition) is 0. The summed E-state index contributed by atoms with van der Waals surface area (Å²) in [5, 5.41) is 0. The lowest BCUT2D eigenvalue weighted by Crippen LogP contribution is -2.48. The minimum Gasteiger partial charge on any atom is -0.299 e. The van der Waals surface area contributed by atoms with Crippen LogP contribution in [-0.4, -0.2) is 29.8 Å². The van der Waals surface area contributed by atoms with Crippen LogP contribution in [0.4, 0.5) is 0 Å². The highest BCUT2D eigenvalue weighted by atomic mass is 16.1. The topological polar surface area (TPSA) is 20.3 Å². The van der Waals surface area contributed by atoms with Crippen LogP contribution in [0.2, 0.25) is 0 Å². The van der Waals surface area contributed by atoms with E-state index in [1.165, 1.54) is 25.8 Å². The molecule has 16 heavy (non-hydrogen) atoms. The van der Waals surface area contributed by atoms with Gasteiger partial charge in [0.1, 0.15) is 5.78 Å². The van der Waals surface area contributed by atoms with Crippen LogP contribution < -0.4 is 0 Å². The Morgan fingerprint density at radius 2 is 2.00 bits per heavy atom. The Labute approximate surface area is 99.4 Å². The van der Waals surface area contributed by atoms with Crippen molar-refractivity contribution < 1.29 is 4.79 Å². The summed E-state index contributed by atoms with van der Waals surface area (Å²) in [6.07, 6.45) is 4.97. The molecular formula is C14H25NO. The summed E-state index contributed by atoms with van der Waals surface area (Å²) in [7, 11) is 0. The molecule has 1 aliphatic heterocycles. The van der Waals surface area contributed by atoms with Gasteiger partial charge in [0.05, 0.1) is 0 Å². The summed E-state index contributed by atoms with van der Waals surface area (Å²) in [6, 6.07) is 0.456. The fourth-order valence-electron chi connectivity index (χ4n) is 3.35. The van der Waals surface area contributed by atoms with Crippen molar-refractivity contribution in [3.8, 4) is 0 Å². The summed E-state index contributed by atoms with van der Waals surface area (Å²) in [6.45, 7) is 8.90. The van der Waals surface area contributed by atoms with Crippen LogP contribution in [0, 0.1) is 17.8 Å². The first-order chi connectivity index (χ1) is 7.58. The number of rotatable bonds is 2. The molecule has 1 aliphatic carbocycles. The van der Waals surface area contributed by atoms with Crippen LogP contribution in [0.1, 0.15) is 46.5 Å². The normalized spacial score (nSPS) is 41.6. The zero-order valence-electron chi connectivity index (χ0n) is 10.9. The fourth-order valence-corrected chi connectivity index (χ4v) is 3.35. The van der Waals surface area contributed by atoms with Crippen LogP contribution in [0.15, 0.2) is 0 Å². The van der Waals surface area contributed by atoms with Crippen LogP contribution in [0.5, 0.6) is 0 Å². The molecule has 4 unspecified atom stereocenters. The first kappa shape index (κ1) is 12.1. The van der Waals surface area contributed by atoms with Gasteiger partial charge in [0.2, 0.25) is 0 Å². The maximum absolute atomic E-state index is 11.6. The first-order valence-corrected chi connectivity index (χ1v) is 6.84. The predicted molar refractivity (Wildman–Crippen MR) is 66.3 cm³/mol. The summed E-state index contributed by atoms with van der Waals surface area (Å²) < 4.78 is 0. The van der Waals surface area contributed by atoms with E-state index >= 15 is 0 Å². The number of ketones is 1. The molecule has 0 N–H and O–H groups in total. The lowest BCUT2D eigenvalue weighted by atomic mass is 9.89. The highest BCUT2D eigenvalue weighted by Crippen LogP contribution is 2.32. The molecule has 0 bridgehead atoms. The molecule has 1 saturated carbocycles. The van der Waals surface area contributed by atoms with Gasteiger partial charge in [-0.2, -0.15) is 0 Å². The van der Waals surface area contributed by atoms with E-state index in [1.807, 2.05) is 0 Å². The van der Waals surface area contributed by atoms with Crippen LogP contribution in [-0.2, 0) is 4.79 Å². The van der Waals surface area contributed by atoms with Gasteiger partial charge in [-0.05, 0) is 31.6 Å². The van der Waals surface area contributed by atoms with E-state index in [4.69, 9.17) is 0 Å². The van der Waals surface area contributed by atoms with Crippen LogP contribution in [0.25, 0.3) is 0 Å². The number of likely N-dealkylation sites (tertiary alicyclic amines) is 1. The molecule has 2 nitrogen and oxygen atoms in total. The van der Waals surface area contributed by atoms with Crippen molar-refractivity contribution in [1.82, 2.24) is 4.90 Å². The van der Waals surface area contributed by atoms with E-state index in [1.54, 1.807) is 0 Å². The Morgan fingerprint density at radius 1 is 1.25 bits per heavy atom. The maximum atomic E-state index is 11.6. The minimum atomic E-state index is 0.243. The minimum absolute atomic E-state index is 0.243. The molecule has 2 aliphatic rings. The fraction of sp³-hybridized carbons (Fsp3) is 0.929. The second-order valence-corrected chi connectivity index (χ2v) is 6.02. The van der Waals surface area contributed by atoms with Gasteiger partial charge < -0.3 is 0 Å². The van der Waals surface area contributed by atoms with Crippen molar-refractivity contribution in [2.75, 3.05) is 13.1 Å². The molecule has 0 aromatic carbocycles. The number of Topliss-reactive ketones (excluding diaryl/α,β-unsaturated/α-hetero) is 1. The summed E-state index contributed by atoms with van der Waals surface area (Å²) in [5.74, 6) is 2.51. The summed E-state index contributed by atoms with van der Waals surface area (Å²) in [4.78, 5) is 14.2. The van der Waals surface area contributed by atoms with Crippen molar-refractivity contribution in [3.05, 3.63) is 0 Å². The highest BCUT2D eigenvalue weighted by molar-refractivity contribution is 5.82. The zero-order valence-corrected chi connectivity index (χ0v) is 10.9. The SMILES string of the molecule is CC1CCC(CN2CCC(=O)C(C)C2C)C1. The van der Waals surface area contributed by atoms with Gasteiger partial charge >= 0.3 is 0 Å². The molecule has 2 fully saturated rings. The van der Waals surface area contributed by atoms with Gasteiger partial charge in [-0.1, -0.05) is 20.3 Å². The quantitative estimate of drug-likeness (QED) is 0.717. The number of nitrogens with zero attached hydrogens (tertiary/aromatic N) is 1. The summed E-state index contributed by atoms with van der Waals surface area (Å²) in [5.41, 5.74) is 0. The zero-order chi connectivity index (χ0) is 11.7. The molecule has 1 saturated heterocycles. The van der Waals surface area contributed by atoms with Crippen molar-refractivity contribution in [1.29, 1.82) is 0 Å². The van der Waals surface area contributed by atoms with Gasteiger partial charge in [-0.25, -0.2) is 0 Å². The molecule has 1 heterocycles. The third-order valence-electron chi connectivity index (χ3n) is 4.75. The molecule has 2 heteroatoms. The van der Waals surface area contributed by atoms with E-state index in [0.29, 0.717) is 11.8 Å². The Kier molecular flexibility index (Phi) is 3.68. The molecule has 0 amide bonds. The molecule has 0 spiro atoms. The standard InChI is InChI=1S/C14H25NO/c1-10-4-5-13(8-10)9-15-7-6-14(16)11(2)12(15)3/h10-13H,4-9H2,1-3H3. The van der Waals surface area contributed by atoms with Crippen molar-refractivity contribution >= 4 is 5.78 Å². The third-order valence-corrected chi connectivity index (χ3v) is 4.75. The van der Waals surface area contributed by atoms with Gasteiger partial charge in [0, 0.05) is 31.5 Å². The van der Waals surface area contributed by atoms with E-state index in [2.05, 4.69) is 25.7 Å². The van der Waals surface area contributed by atoms with Gasteiger partial charge in [0.25, 0.3) is 0 Å². The molecule has 4 atom stereocenters. The largest absolute Gasteiger partial charge is 0.299 e. The number of carbonyl (C=O) groups is 1. The van der Waals surface area contributed by atoms with Gasteiger partial charge in [-0.15, -0.1) is 0 Å². The highest BCUT2D eigenvalue weighted by Gasteiger charge is 2.33.